The molecule has 0 aromatic rings. The van der Waals surface area contributed by atoms with Crippen LogP contribution in [-0.4, -0.2) is 41.8 Å². The van der Waals surface area contributed by atoms with Crippen molar-refractivity contribution in [3.8, 4) is 0 Å². The van der Waals surface area contributed by atoms with Gasteiger partial charge in [-0.15, -0.1) is 11.8 Å². The highest BCUT2D eigenvalue weighted by Gasteiger charge is 2.29. The average Bonchev–Trinajstić information content (AvgIpc) is 2.77. The lowest BCUT2D eigenvalue weighted by molar-refractivity contribution is -0.170. The summed E-state index contributed by atoms with van der Waals surface area (Å²) in [6.07, 6.45) is 0.964. The van der Waals surface area contributed by atoms with Crippen LogP contribution in [-0.2, 0) is 9.63 Å². The predicted octanol–water partition coefficient (Wildman–Crippen LogP) is -0.187. The van der Waals surface area contributed by atoms with E-state index in [1.807, 2.05) is 0 Å². The first-order chi connectivity index (χ1) is 5.88. The monoisotopic (exact) mass is 188 g/mol. The van der Waals surface area contributed by atoms with Gasteiger partial charge in [0.2, 0.25) is 0 Å². The standard InChI is InChI=1S/C7H12N2O2S/c10-7(6-4-12-5-8-6)9-2-1-3-11-9/h6,8H,1-5H2. The first-order valence-electron chi connectivity index (χ1n) is 4.13. The summed E-state index contributed by atoms with van der Waals surface area (Å²) in [5.41, 5.74) is 0. The minimum atomic E-state index is -0.0203. The van der Waals surface area contributed by atoms with Crippen LogP contribution < -0.4 is 5.32 Å². The summed E-state index contributed by atoms with van der Waals surface area (Å²) in [7, 11) is 0. The highest BCUT2D eigenvalue weighted by molar-refractivity contribution is 7.99. The van der Waals surface area contributed by atoms with Gasteiger partial charge in [0.15, 0.2) is 0 Å². The van der Waals surface area contributed by atoms with E-state index in [2.05, 4.69) is 5.32 Å². The molecule has 0 radical (unpaired) electrons. The molecule has 0 bridgehead atoms. The maximum atomic E-state index is 11.6. The zero-order chi connectivity index (χ0) is 8.39. The number of carbonyl (C=O) groups excluding carboxylic acids is 1. The number of nitrogens with zero attached hydrogens (tertiary/aromatic N) is 1. The lowest BCUT2D eigenvalue weighted by Gasteiger charge is -2.17. The molecule has 5 heteroatoms. The Labute approximate surface area is 75.6 Å². The minimum absolute atomic E-state index is 0.0203. The van der Waals surface area contributed by atoms with Crippen molar-refractivity contribution in [1.29, 1.82) is 0 Å². The van der Waals surface area contributed by atoms with Crippen LogP contribution in [0.25, 0.3) is 0 Å². The maximum Gasteiger partial charge on any atom is 0.264 e. The first-order valence-corrected chi connectivity index (χ1v) is 5.29. The fourth-order valence-electron chi connectivity index (χ4n) is 1.35. The van der Waals surface area contributed by atoms with Gasteiger partial charge in [0.25, 0.3) is 5.91 Å². The summed E-state index contributed by atoms with van der Waals surface area (Å²) < 4.78 is 0. The minimum Gasteiger partial charge on any atom is -0.296 e. The summed E-state index contributed by atoms with van der Waals surface area (Å²) in [5.74, 6) is 1.85. The molecule has 4 nitrogen and oxygen atoms in total. The molecule has 2 fully saturated rings. The van der Waals surface area contributed by atoms with Crippen molar-refractivity contribution < 1.29 is 9.63 Å². The number of thioether (sulfide) groups is 1. The van der Waals surface area contributed by atoms with Gasteiger partial charge >= 0.3 is 0 Å². The van der Waals surface area contributed by atoms with Crippen molar-refractivity contribution in [2.24, 2.45) is 0 Å². The number of rotatable bonds is 1. The van der Waals surface area contributed by atoms with Crippen LogP contribution in [0.4, 0.5) is 0 Å². The van der Waals surface area contributed by atoms with Crippen LogP contribution in [0.2, 0.25) is 0 Å². The Morgan fingerprint density at radius 3 is 3.17 bits per heavy atom. The molecule has 1 N–H and O–H groups in total. The fourth-order valence-corrected chi connectivity index (χ4v) is 2.28. The third-order valence-electron chi connectivity index (χ3n) is 2.01. The number of hydrogen-bond donors (Lipinski definition) is 1. The van der Waals surface area contributed by atoms with E-state index in [1.165, 1.54) is 5.06 Å². The van der Waals surface area contributed by atoms with E-state index in [9.17, 15) is 4.79 Å². The largest absolute Gasteiger partial charge is 0.296 e. The zero-order valence-corrected chi connectivity index (χ0v) is 7.60. The van der Waals surface area contributed by atoms with Crippen LogP contribution in [0.5, 0.6) is 0 Å². The van der Waals surface area contributed by atoms with Crippen molar-refractivity contribution in [3.63, 3.8) is 0 Å². The lowest BCUT2D eigenvalue weighted by atomic mass is 10.3. The van der Waals surface area contributed by atoms with Gasteiger partial charge in [-0.05, 0) is 6.42 Å². The SMILES string of the molecule is O=C(C1CSCN1)N1CCCO1. The average molecular weight is 188 g/mol. The number of hydroxylamine groups is 2. The van der Waals surface area contributed by atoms with Gasteiger partial charge < -0.3 is 0 Å². The third kappa shape index (κ3) is 1.57. The normalized spacial score (nSPS) is 29.7. The van der Waals surface area contributed by atoms with E-state index in [0.29, 0.717) is 6.61 Å². The van der Waals surface area contributed by atoms with E-state index in [0.717, 1.165) is 24.6 Å². The van der Waals surface area contributed by atoms with Gasteiger partial charge in [-0.25, -0.2) is 5.06 Å². The highest BCUT2D eigenvalue weighted by atomic mass is 32.2. The quantitative estimate of drug-likeness (QED) is 0.619. The fraction of sp³-hybridized carbons (Fsp3) is 0.857. The molecule has 1 amide bonds. The second kappa shape index (κ2) is 3.64. The number of carbonyl (C=O) groups is 1. The molecule has 1 unspecified atom stereocenters. The summed E-state index contributed by atoms with van der Waals surface area (Å²) in [6.45, 7) is 1.44. The molecule has 0 aromatic heterocycles. The molecule has 0 saturated carbocycles. The molecule has 1 atom stereocenters. The van der Waals surface area contributed by atoms with Crippen molar-refractivity contribution in [1.82, 2.24) is 10.4 Å². The molecule has 12 heavy (non-hydrogen) atoms. The summed E-state index contributed by atoms with van der Waals surface area (Å²) in [6, 6.07) is -0.0203. The first kappa shape index (κ1) is 8.34. The number of hydrogen-bond acceptors (Lipinski definition) is 4. The third-order valence-corrected chi connectivity index (χ3v) is 2.95. The summed E-state index contributed by atoms with van der Waals surface area (Å²) in [5, 5.41) is 4.61. The molecule has 2 aliphatic rings. The van der Waals surface area contributed by atoms with Gasteiger partial charge in [-0.3, -0.25) is 14.9 Å². The Morgan fingerprint density at radius 2 is 2.58 bits per heavy atom. The van der Waals surface area contributed by atoms with Gasteiger partial charge in [0.1, 0.15) is 0 Å². The van der Waals surface area contributed by atoms with Crippen molar-refractivity contribution >= 4 is 17.7 Å². The Balaban J connectivity index is 1.89. The molecule has 2 rings (SSSR count). The topological polar surface area (TPSA) is 41.6 Å². The summed E-state index contributed by atoms with van der Waals surface area (Å²) in [4.78, 5) is 16.7. The van der Waals surface area contributed by atoms with Gasteiger partial charge in [-0.2, -0.15) is 0 Å². The van der Waals surface area contributed by atoms with E-state index in [1.54, 1.807) is 11.8 Å². The van der Waals surface area contributed by atoms with Crippen LogP contribution in [0.3, 0.4) is 0 Å². The molecular weight excluding hydrogens is 176 g/mol. The van der Waals surface area contributed by atoms with Crippen molar-refractivity contribution in [2.75, 3.05) is 24.8 Å². The van der Waals surface area contributed by atoms with E-state index in [4.69, 9.17) is 4.84 Å². The maximum absolute atomic E-state index is 11.6. The molecular formula is C7H12N2O2S. The van der Waals surface area contributed by atoms with Crippen molar-refractivity contribution in [2.45, 2.75) is 12.5 Å². The Hall–Kier alpha value is -0.260. The van der Waals surface area contributed by atoms with Gasteiger partial charge in [0.05, 0.1) is 19.2 Å². The zero-order valence-electron chi connectivity index (χ0n) is 6.78. The Bertz CT molecular complexity index is 158. The van der Waals surface area contributed by atoms with E-state index in [-0.39, 0.29) is 11.9 Å². The molecule has 0 aromatic carbocycles. The van der Waals surface area contributed by atoms with E-state index < -0.39 is 0 Å². The highest BCUT2D eigenvalue weighted by Crippen LogP contribution is 2.14. The smallest absolute Gasteiger partial charge is 0.264 e. The molecule has 2 saturated heterocycles. The number of nitrogens with one attached hydrogen (secondary N) is 1. The molecule has 68 valence electrons. The van der Waals surface area contributed by atoms with Gasteiger partial charge in [-0.1, -0.05) is 0 Å². The predicted molar refractivity (Wildman–Crippen MR) is 46.5 cm³/mol. The second-order valence-electron chi connectivity index (χ2n) is 2.90. The molecule has 0 spiro atoms. The molecule has 2 aliphatic heterocycles. The summed E-state index contributed by atoms with van der Waals surface area (Å²) >= 11 is 1.76. The van der Waals surface area contributed by atoms with Crippen LogP contribution in [0.15, 0.2) is 0 Å². The number of amides is 1. The van der Waals surface area contributed by atoms with E-state index >= 15 is 0 Å². The molecule has 2 heterocycles. The van der Waals surface area contributed by atoms with Crippen LogP contribution >= 0.6 is 11.8 Å². The van der Waals surface area contributed by atoms with Gasteiger partial charge in [0, 0.05) is 11.6 Å². The lowest BCUT2D eigenvalue weighted by Crippen LogP contribution is -2.43. The Morgan fingerprint density at radius 1 is 1.67 bits per heavy atom. The van der Waals surface area contributed by atoms with Crippen molar-refractivity contribution in [3.05, 3.63) is 0 Å². The van der Waals surface area contributed by atoms with Crippen LogP contribution in [0.1, 0.15) is 6.42 Å². The van der Waals surface area contributed by atoms with Crippen LogP contribution in [0, 0.1) is 0 Å². The Kier molecular flexibility index (Phi) is 2.53. The molecule has 0 aliphatic carbocycles. The second-order valence-corrected chi connectivity index (χ2v) is 3.93.